The maximum atomic E-state index is 12.6. The van der Waals surface area contributed by atoms with Crippen LogP contribution in [0.25, 0.3) is 10.9 Å². The molecule has 1 atom stereocenters. The van der Waals surface area contributed by atoms with Gasteiger partial charge in [0, 0.05) is 18.5 Å². The number of rotatable bonds is 1. The average molecular weight is 303 g/mol. The first-order valence-corrected chi connectivity index (χ1v) is 7.63. The number of carbonyl (C=O) groups is 1. The summed E-state index contributed by atoms with van der Waals surface area (Å²) in [6.45, 7) is 1.35. The number of benzene rings is 1. The Balaban J connectivity index is 1.76. The molecule has 5 heteroatoms. The molecule has 0 saturated carbocycles. The van der Waals surface area contributed by atoms with E-state index >= 15 is 0 Å². The molecular weight excluding hydrogens is 288 g/mol. The van der Waals surface area contributed by atoms with Crippen LogP contribution in [0.5, 0.6) is 0 Å². The SMILES string of the molecule is O=C(C1CCCO1)N1CCc2cc3cccc(Cl)c3nc21. The number of hydrogen-bond acceptors (Lipinski definition) is 3. The Kier molecular flexibility index (Phi) is 3.08. The number of aromatic nitrogens is 1. The molecular formula is C16H15ClN2O2. The highest BCUT2D eigenvalue weighted by atomic mass is 35.5. The van der Waals surface area contributed by atoms with Gasteiger partial charge in [-0.05, 0) is 37.0 Å². The second kappa shape index (κ2) is 4.97. The van der Waals surface area contributed by atoms with E-state index in [4.69, 9.17) is 16.3 Å². The molecule has 0 aliphatic carbocycles. The van der Waals surface area contributed by atoms with Crippen molar-refractivity contribution < 1.29 is 9.53 Å². The maximum Gasteiger partial charge on any atom is 0.257 e. The molecule has 4 rings (SSSR count). The molecule has 0 bridgehead atoms. The van der Waals surface area contributed by atoms with Crippen LogP contribution in [0.3, 0.4) is 0 Å². The molecule has 4 nitrogen and oxygen atoms in total. The number of pyridine rings is 1. The van der Waals surface area contributed by atoms with Gasteiger partial charge in [-0.15, -0.1) is 0 Å². The Morgan fingerprint density at radius 1 is 1.43 bits per heavy atom. The smallest absolute Gasteiger partial charge is 0.257 e. The van der Waals surface area contributed by atoms with E-state index in [0.29, 0.717) is 18.2 Å². The first kappa shape index (κ1) is 13.0. The minimum absolute atomic E-state index is 0.0325. The minimum atomic E-state index is -0.306. The first-order valence-electron chi connectivity index (χ1n) is 7.25. The number of hydrogen-bond donors (Lipinski definition) is 0. The Morgan fingerprint density at radius 3 is 3.14 bits per heavy atom. The summed E-state index contributed by atoms with van der Waals surface area (Å²) in [5, 5.41) is 1.64. The van der Waals surface area contributed by atoms with Gasteiger partial charge in [-0.2, -0.15) is 0 Å². The van der Waals surface area contributed by atoms with E-state index in [9.17, 15) is 4.79 Å². The van der Waals surface area contributed by atoms with E-state index < -0.39 is 0 Å². The van der Waals surface area contributed by atoms with E-state index in [2.05, 4.69) is 11.1 Å². The summed E-state index contributed by atoms with van der Waals surface area (Å²) in [7, 11) is 0. The molecule has 1 amide bonds. The quantitative estimate of drug-likeness (QED) is 0.813. The van der Waals surface area contributed by atoms with Crippen molar-refractivity contribution in [3.63, 3.8) is 0 Å². The number of amides is 1. The minimum Gasteiger partial charge on any atom is -0.368 e. The topological polar surface area (TPSA) is 42.4 Å². The third kappa shape index (κ3) is 2.10. The molecule has 0 N–H and O–H groups in total. The van der Waals surface area contributed by atoms with Crippen molar-refractivity contribution in [1.29, 1.82) is 0 Å². The fourth-order valence-electron chi connectivity index (χ4n) is 3.11. The third-order valence-electron chi connectivity index (χ3n) is 4.18. The zero-order valence-electron chi connectivity index (χ0n) is 11.5. The molecule has 1 saturated heterocycles. The van der Waals surface area contributed by atoms with Crippen LogP contribution >= 0.6 is 11.6 Å². The van der Waals surface area contributed by atoms with Gasteiger partial charge in [-0.3, -0.25) is 9.69 Å². The average Bonchev–Trinajstić information content (AvgIpc) is 3.15. The highest BCUT2D eigenvalue weighted by molar-refractivity contribution is 6.35. The van der Waals surface area contributed by atoms with Gasteiger partial charge in [0.25, 0.3) is 5.91 Å². The van der Waals surface area contributed by atoms with Crippen LogP contribution in [-0.2, 0) is 16.0 Å². The Hall–Kier alpha value is -1.65. The van der Waals surface area contributed by atoms with E-state index in [1.807, 2.05) is 18.2 Å². The predicted molar refractivity (Wildman–Crippen MR) is 81.8 cm³/mol. The number of anilines is 1. The number of para-hydroxylation sites is 1. The highest BCUT2D eigenvalue weighted by Crippen LogP contribution is 2.33. The van der Waals surface area contributed by atoms with Crippen molar-refractivity contribution in [2.75, 3.05) is 18.1 Å². The third-order valence-corrected chi connectivity index (χ3v) is 4.49. The summed E-state index contributed by atoms with van der Waals surface area (Å²) in [6, 6.07) is 7.83. The van der Waals surface area contributed by atoms with Gasteiger partial charge in [-0.1, -0.05) is 23.7 Å². The molecule has 2 aliphatic rings. The maximum absolute atomic E-state index is 12.6. The Labute approximate surface area is 127 Å². The molecule has 0 radical (unpaired) electrons. The van der Waals surface area contributed by atoms with Crippen molar-refractivity contribution >= 4 is 34.2 Å². The second-order valence-corrected chi connectivity index (χ2v) is 5.93. The Bertz CT molecular complexity index is 726. The number of fused-ring (bicyclic) bond motifs is 2. The summed E-state index contributed by atoms with van der Waals surface area (Å²) in [4.78, 5) is 19.0. The van der Waals surface area contributed by atoms with Crippen molar-refractivity contribution in [1.82, 2.24) is 4.98 Å². The molecule has 3 heterocycles. The molecule has 1 fully saturated rings. The lowest BCUT2D eigenvalue weighted by Gasteiger charge is -2.20. The zero-order chi connectivity index (χ0) is 14.4. The van der Waals surface area contributed by atoms with Crippen LogP contribution in [0.4, 0.5) is 5.82 Å². The van der Waals surface area contributed by atoms with E-state index in [0.717, 1.165) is 41.5 Å². The van der Waals surface area contributed by atoms with Gasteiger partial charge in [0.15, 0.2) is 0 Å². The number of halogens is 1. The molecule has 1 unspecified atom stereocenters. The van der Waals surface area contributed by atoms with E-state index in [1.165, 1.54) is 0 Å². The number of ether oxygens (including phenoxy) is 1. The van der Waals surface area contributed by atoms with Crippen molar-refractivity contribution in [2.45, 2.75) is 25.4 Å². The van der Waals surface area contributed by atoms with Crippen molar-refractivity contribution in [2.24, 2.45) is 0 Å². The van der Waals surface area contributed by atoms with Gasteiger partial charge in [0.2, 0.25) is 0 Å². The van der Waals surface area contributed by atoms with Crippen LogP contribution in [-0.4, -0.2) is 30.1 Å². The summed E-state index contributed by atoms with van der Waals surface area (Å²) in [6.07, 6.45) is 2.29. The molecule has 0 spiro atoms. The molecule has 108 valence electrons. The van der Waals surface area contributed by atoms with Gasteiger partial charge in [-0.25, -0.2) is 4.98 Å². The largest absolute Gasteiger partial charge is 0.368 e. The van der Waals surface area contributed by atoms with Crippen molar-refractivity contribution in [3.05, 3.63) is 34.9 Å². The van der Waals surface area contributed by atoms with Crippen LogP contribution in [0.1, 0.15) is 18.4 Å². The number of carbonyl (C=O) groups excluding carboxylic acids is 1. The predicted octanol–water partition coefficient (Wildman–Crippen LogP) is 2.96. The van der Waals surface area contributed by atoms with E-state index in [-0.39, 0.29) is 12.0 Å². The fourth-order valence-corrected chi connectivity index (χ4v) is 3.34. The first-order chi connectivity index (χ1) is 10.2. The number of nitrogens with zero attached hydrogens (tertiary/aromatic N) is 2. The highest BCUT2D eigenvalue weighted by Gasteiger charge is 2.33. The van der Waals surface area contributed by atoms with Gasteiger partial charge < -0.3 is 4.74 Å². The standard InChI is InChI=1S/C16H15ClN2O2/c17-12-4-1-3-10-9-11-6-7-19(15(11)18-14(10)12)16(20)13-5-2-8-21-13/h1,3-4,9,13H,2,5-8H2. The molecule has 1 aromatic carbocycles. The summed E-state index contributed by atoms with van der Waals surface area (Å²) in [5.74, 6) is 0.779. The molecule has 1 aromatic heterocycles. The fraction of sp³-hybridized carbons (Fsp3) is 0.375. The van der Waals surface area contributed by atoms with E-state index in [1.54, 1.807) is 4.90 Å². The molecule has 2 aromatic rings. The van der Waals surface area contributed by atoms with Crippen LogP contribution < -0.4 is 4.90 Å². The van der Waals surface area contributed by atoms with Crippen LogP contribution in [0.15, 0.2) is 24.3 Å². The molecule has 2 aliphatic heterocycles. The van der Waals surface area contributed by atoms with Gasteiger partial charge in [0.05, 0.1) is 10.5 Å². The van der Waals surface area contributed by atoms with Gasteiger partial charge in [0.1, 0.15) is 11.9 Å². The molecule has 21 heavy (non-hydrogen) atoms. The summed E-state index contributed by atoms with van der Waals surface area (Å²) >= 11 is 6.22. The van der Waals surface area contributed by atoms with Crippen LogP contribution in [0, 0.1) is 0 Å². The zero-order valence-corrected chi connectivity index (χ0v) is 12.3. The van der Waals surface area contributed by atoms with Gasteiger partial charge >= 0.3 is 0 Å². The second-order valence-electron chi connectivity index (χ2n) is 5.52. The lowest BCUT2D eigenvalue weighted by molar-refractivity contribution is -0.127. The summed E-state index contributed by atoms with van der Waals surface area (Å²) in [5.41, 5.74) is 1.86. The summed E-state index contributed by atoms with van der Waals surface area (Å²) < 4.78 is 5.51. The van der Waals surface area contributed by atoms with Crippen molar-refractivity contribution in [3.8, 4) is 0 Å². The monoisotopic (exact) mass is 302 g/mol. The Morgan fingerprint density at radius 2 is 2.33 bits per heavy atom. The van der Waals surface area contributed by atoms with Crippen LogP contribution in [0.2, 0.25) is 5.02 Å². The lowest BCUT2D eigenvalue weighted by atomic mass is 10.1. The normalized spacial score (nSPS) is 21.0. The lowest BCUT2D eigenvalue weighted by Crippen LogP contribution is -2.38.